The Balaban J connectivity index is 3.15. The number of anilines is 1. The van der Waals surface area contributed by atoms with Crippen LogP contribution in [0.5, 0.6) is 0 Å². The minimum absolute atomic E-state index is 0.126. The van der Waals surface area contributed by atoms with Crippen molar-refractivity contribution in [3.05, 3.63) is 27.8 Å². The summed E-state index contributed by atoms with van der Waals surface area (Å²) < 4.78 is 0.957. The van der Waals surface area contributed by atoms with E-state index < -0.39 is 6.04 Å². The average molecular weight is 317 g/mol. The van der Waals surface area contributed by atoms with Gasteiger partial charge >= 0.3 is 0 Å². The number of hydrogen-bond acceptors (Lipinski definition) is 2. The number of carbonyl (C=O) groups excluding carboxylic acids is 2. The van der Waals surface area contributed by atoms with Gasteiger partial charge in [0, 0.05) is 10.5 Å². The second-order valence-electron chi connectivity index (χ2n) is 3.22. The first-order valence-electron chi connectivity index (χ1n) is 4.57. The van der Waals surface area contributed by atoms with Gasteiger partial charge in [0.1, 0.15) is 6.29 Å². The lowest BCUT2D eigenvalue weighted by Gasteiger charge is -2.25. The minimum atomic E-state index is -0.432. The SMILES string of the molecule is CC(=O)N(c1ccccc1I)[C@@H](C)C=O. The summed E-state index contributed by atoms with van der Waals surface area (Å²) in [7, 11) is 0. The lowest BCUT2D eigenvalue weighted by molar-refractivity contribution is -0.119. The lowest BCUT2D eigenvalue weighted by atomic mass is 10.2. The van der Waals surface area contributed by atoms with E-state index in [0.717, 1.165) is 15.5 Å². The number of nitrogens with zero attached hydrogens (tertiary/aromatic N) is 1. The molecule has 1 atom stereocenters. The van der Waals surface area contributed by atoms with Gasteiger partial charge in [0.05, 0.1) is 11.7 Å². The van der Waals surface area contributed by atoms with E-state index in [1.807, 2.05) is 24.3 Å². The Hall–Kier alpha value is -0.910. The molecule has 0 N–H and O–H groups in total. The summed E-state index contributed by atoms with van der Waals surface area (Å²) in [6.07, 6.45) is 0.768. The van der Waals surface area contributed by atoms with Crippen molar-refractivity contribution in [1.82, 2.24) is 0 Å². The van der Waals surface area contributed by atoms with Crippen molar-refractivity contribution in [2.24, 2.45) is 0 Å². The molecule has 0 unspecified atom stereocenters. The summed E-state index contributed by atoms with van der Waals surface area (Å²) >= 11 is 2.15. The molecule has 1 aromatic carbocycles. The Morgan fingerprint density at radius 1 is 1.47 bits per heavy atom. The van der Waals surface area contributed by atoms with E-state index in [1.165, 1.54) is 11.8 Å². The molecule has 0 radical (unpaired) electrons. The molecule has 0 aliphatic carbocycles. The van der Waals surface area contributed by atoms with Crippen LogP contribution < -0.4 is 4.90 Å². The van der Waals surface area contributed by atoms with E-state index in [0.29, 0.717) is 0 Å². The molecule has 0 aliphatic heterocycles. The first-order valence-corrected chi connectivity index (χ1v) is 5.65. The van der Waals surface area contributed by atoms with Crippen molar-refractivity contribution in [2.45, 2.75) is 19.9 Å². The maximum absolute atomic E-state index is 11.5. The summed E-state index contributed by atoms with van der Waals surface area (Å²) in [4.78, 5) is 23.7. The molecule has 80 valence electrons. The Labute approximate surface area is 103 Å². The molecule has 0 aliphatic rings. The lowest BCUT2D eigenvalue weighted by Crippen LogP contribution is -2.38. The average Bonchev–Trinajstić information content (AvgIpc) is 2.20. The van der Waals surface area contributed by atoms with Crippen LogP contribution in [0.2, 0.25) is 0 Å². The van der Waals surface area contributed by atoms with E-state index in [-0.39, 0.29) is 5.91 Å². The molecule has 1 amide bonds. The minimum Gasteiger partial charge on any atom is -0.302 e. The van der Waals surface area contributed by atoms with Gasteiger partial charge in [-0.1, -0.05) is 12.1 Å². The highest BCUT2D eigenvalue weighted by Gasteiger charge is 2.19. The largest absolute Gasteiger partial charge is 0.302 e. The van der Waals surface area contributed by atoms with Crippen LogP contribution in [0.25, 0.3) is 0 Å². The maximum atomic E-state index is 11.5. The maximum Gasteiger partial charge on any atom is 0.224 e. The monoisotopic (exact) mass is 317 g/mol. The van der Waals surface area contributed by atoms with Crippen LogP contribution in [-0.2, 0) is 9.59 Å². The van der Waals surface area contributed by atoms with Gasteiger partial charge in [-0.25, -0.2) is 0 Å². The Kier molecular flexibility index (Phi) is 4.26. The summed E-state index contributed by atoms with van der Waals surface area (Å²) in [6, 6.07) is 7.06. The number of rotatable bonds is 3. The summed E-state index contributed by atoms with van der Waals surface area (Å²) in [5.41, 5.74) is 0.783. The molecule has 1 aromatic rings. The Morgan fingerprint density at radius 3 is 2.53 bits per heavy atom. The predicted octanol–water partition coefficient (Wildman–Crippen LogP) is 2.23. The molecule has 0 aromatic heterocycles. The number of hydrogen-bond donors (Lipinski definition) is 0. The second kappa shape index (κ2) is 5.25. The van der Waals surface area contributed by atoms with Crippen molar-refractivity contribution in [1.29, 1.82) is 0 Å². The highest BCUT2D eigenvalue weighted by Crippen LogP contribution is 2.23. The first kappa shape index (κ1) is 12.2. The van der Waals surface area contributed by atoms with E-state index in [2.05, 4.69) is 22.6 Å². The third kappa shape index (κ3) is 2.77. The van der Waals surface area contributed by atoms with Gasteiger partial charge in [0.2, 0.25) is 5.91 Å². The molecule has 0 bridgehead atoms. The fourth-order valence-corrected chi connectivity index (χ4v) is 2.03. The molecule has 1 rings (SSSR count). The molecule has 3 nitrogen and oxygen atoms in total. The van der Waals surface area contributed by atoms with Gasteiger partial charge in [0.25, 0.3) is 0 Å². The topological polar surface area (TPSA) is 37.4 Å². The van der Waals surface area contributed by atoms with Crippen LogP contribution in [0.4, 0.5) is 5.69 Å². The van der Waals surface area contributed by atoms with Gasteiger partial charge < -0.3 is 9.69 Å². The molecule has 0 fully saturated rings. The zero-order valence-corrected chi connectivity index (χ0v) is 10.8. The fraction of sp³-hybridized carbons (Fsp3) is 0.273. The Bertz CT molecular complexity index is 379. The first-order chi connectivity index (χ1) is 7.07. The molecule has 0 spiro atoms. The zero-order chi connectivity index (χ0) is 11.4. The van der Waals surface area contributed by atoms with Crippen molar-refractivity contribution in [3.8, 4) is 0 Å². The smallest absolute Gasteiger partial charge is 0.224 e. The molecule has 4 heteroatoms. The van der Waals surface area contributed by atoms with Gasteiger partial charge in [-0.3, -0.25) is 4.79 Å². The zero-order valence-electron chi connectivity index (χ0n) is 8.61. The molecule has 0 saturated carbocycles. The van der Waals surface area contributed by atoms with E-state index in [1.54, 1.807) is 6.92 Å². The van der Waals surface area contributed by atoms with Crippen LogP contribution in [0.1, 0.15) is 13.8 Å². The van der Waals surface area contributed by atoms with Gasteiger partial charge in [-0.05, 0) is 41.6 Å². The number of para-hydroxylation sites is 1. The summed E-state index contributed by atoms with van der Waals surface area (Å²) in [6.45, 7) is 3.17. The number of amides is 1. The van der Waals surface area contributed by atoms with Crippen LogP contribution in [0.3, 0.4) is 0 Å². The quantitative estimate of drug-likeness (QED) is 0.633. The number of benzene rings is 1. The van der Waals surface area contributed by atoms with E-state index in [9.17, 15) is 9.59 Å². The molecule has 0 heterocycles. The van der Waals surface area contributed by atoms with Crippen molar-refractivity contribution >= 4 is 40.5 Å². The number of aldehydes is 1. The highest BCUT2D eigenvalue weighted by molar-refractivity contribution is 14.1. The van der Waals surface area contributed by atoms with Gasteiger partial charge in [-0.15, -0.1) is 0 Å². The summed E-state index contributed by atoms with van der Waals surface area (Å²) in [5.74, 6) is -0.126. The van der Waals surface area contributed by atoms with E-state index >= 15 is 0 Å². The van der Waals surface area contributed by atoms with Crippen molar-refractivity contribution < 1.29 is 9.59 Å². The molecule has 15 heavy (non-hydrogen) atoms. The Morgan fingerprint density at radius 2 is 2.07 bits per heavy atom. The van der Waals surface area contributed by atoms with E-state index in [4.69, 9.17) is 0 Å². The van der Waals surface area contributed by atoms with Crippen LogP contribution in [0, 0.1) is 3.57 Å². The molecule has 0 saturated heterocycles. The van der Waals surface area contributed by atoms with Crippen molar-refractivity contribution in [2.75, 3.05) is 4.90 Å². The van der Waals surface area contributed by atoms with Crippen LogP contribution >= 0.6 is 22.6 Å². The molecular formula is C11H12INO2. The predicted molar refractivity (Wildman–Crippen MR) is 67.8 cm³/mol. The number of carbonyl (C=O) groups is 2. The third-order valence-electron chi connectivity index (χ3n) is 2.06. The van der Waals surface area contributed by atoms with Crippen LogP contribution in [-0.4, -0.2) is 18.2 Å². The molecular weight excluding hydrogens is 305 g/mol. The standard InChI is InChI=1S/C11H12INO2/c1-8(7-14)13(9(2)15)11-6-4-3-5-10(11)12/h3-8H,1-2H3/t8-/m0/s1. The highest BCUT2D eigenvalue weighted by atomic mass is 127. The normalized spacial score (nSPS) is 11.9. The second-order valence-corrected chi connectivity index (χ2v) is 4.38. The third-order valence-corrected chi connectivity index (χ3v) is 2.97. The van der Waals surface area contributed by atoms with Gasteiger partial charge in [0.15, 0.2) is 0 Å². The van der Waals surface area contributed by atoms with Gasteiger partial charge in [-0.2, -0.15) is 0 Å². The fourth-order valence-electron chi connectivity index (χ4n) is 1.38. The summed E-state index contributed by atoms with van der Waals surface area (Å²) in [5, 5.41) is 0. The van der Waals surface area contributed by atoms with Crippen molar-refractivity contribution in [3.63, 3.8) is 0 Å². The number of halogens is 1. The van der Waals surface area contributed by atoms with Crippen LogP contribution in [0.15, 0.2) is 24.3 Å².